The third-order valence-electron chi connectivity index (χ3n) is 1.34. The molecule has 2 nitrogen and oxygen atoms in total. The third kappa shape index (κ3) is 2.73. The van der Waals surface area contributed by atoms with Gasteiger partial charge in [0.2, 0.25) is 0 Å². The number of nitrogens with two attached hydrogens (primary N) is 1. The van der Waals surface area contributed by atoms with Gasteiger partial charge < -0.3 is 10.5 Å². The smallest absolute Gasteiger partial charge is 0.0608 e. The Balaban J connectivity index is 1.89. The van der Waals surface area contributed by atoms with Crippen LogP contribution in [0.4, 0.5) is 0 Å². The molecule has 0 unspecified atom stereocenters. The molecule has 0 aromatic rings. The second-order valence-corrected chi connectivity index (χ2v) is 3.53. The van der Waals surface area contributed by atoms with Crippen molar-refractivity contribution >= 4 is 11.8 Å². The van der Waals surface area contributed by atoms with Crippen molar-refractivity contribution in [1.82, 2.24) is 0 Å². The van der Waals surface area contributed by atoms with Gasteiger partial charge in [-0.2, -0.15) is 0 Å². The van der Waals surface area contributed by atoms with Gasteiger partial charge in [-0.25, -0.2) is 0 Å². The summed E-state index contributed by atoms with van der Waals surface area (Å²) in [6.45, 7) is 2.52. The van der Waals surface area contributed by atoms with Crippen molar-refractivity contribution in [1.29, 1.82) is 0 Å². The quantitative estimate of drug-likeness (QED) is 0.611. The molecule has 0 bridgehead atoms. The van der Waals surface area contributed by atoms with Gasteiger partial charge in [0.15, 0.2) is 0 Å². The van der Waals surface area contributed by atoms with Crippen molar-refractivity contribution in [2.75, 3.05) is 25.5 Å². The highest BCUT2D eigenvalue weighted by molar-refractivity contribution is 8.00. The molecule has 58 valence electrons. The monoisotopic (exact) mass is 159 g/mol. The van der Waals surface area contributed by atoms with E-state index in [0.717, 1.165) is 24.2 Å². The molecule has 1 heterocycles. The predicted octanol–water partition coefficient (Wildman–Crippen LogP) is 0.633. The lowest BCUT2D eigenvalue weighted by atomic mass is 10.4. The van der Waals surface area contributed by atoms with Crippen LogP contribution < -0.4 is 5.73 Å². The summed E-state index contributed by atoms with van der Waals surface area (Å²) in [6.07, 6.45) is 4.11. The van der Waals surface area contributed by atoms with E-state index in [4.69, 9.17) is 10.5 Å². The van der Waals surface area contributed by atoms with Gasteiger partial charge in [0.1, 0.15) is 0 Å². The summed E-state index contributed by atoms with van der Waals surface area (Å²) < 4.78 is 5.02. The predicted molar refractivity (Wildman–Crippen MR) is 45.3 cm³/mol. The van der Waals surface area contributed by atoms with E-state index < -0.39 is 0 Å². The van der Waals surface area contributed by atoms with Gasteiger partial charge in [-0.05, 0) is 0 Å². The van der Waals surface area contributed by atoms with E-state index in [0.29, 0.717) is 6.54 Å². The summed E-state index contributed by atoms with van der Waals surface area (Å²) in [5.74, 6) is 1.07. The Morgan fingerprint density at radius 2 is 2.30 bits per heavy atom. The van der Waals surface area contributed by atoms with Crippen molar-refractivity contribution in [2.24, 2.45) is 5.73 Å². The zero-order valence-electron chi connectivity index (χ0n) is 5.95. The Kier molecular flexibility index (Phi) is 3.87. The maximum absolute atomic E-state index is 5.27. The number of ether oxygens (including phenoxy) is 1. The largest absolute Gasteiger partial charge is 0.379 e. The average molecular weight is 159 g/mol. The fourth-order valence-corrected chi connectivity index (χ4v) is 1.57. The molecule has 1 fully saturated rings. The second kappa shape index (κ2) is 4.77. The molecule has 0 aromatic heterocycles. The Bertz CT molecular complexity index is 112. The van der Waals surface area contributed by atoms with Crippen LogP contribution in [0.3, 0.4) is 0 Å². The van der Waals surface area contributed by atoms with Gasteiger partial charge >= 0.3 is 0 Å². The van der Waals surface area contributed by atoms with E-state index in [2.05, 4.69) is 6.08 Å². The zero-order chi connectivity index (χ0) is 7.23. The number of hydrogen-bond donors (Lipinski definition) is 1. The molecule has 0 spiro atoms. The first kappa shape index (κ1) is 8.11. The number of thioether (sulfide) groups is 1. The van der Waals surface area contributed by atoms with Crippen molar-refractivity contribution in [3.05, 3.63) is 12.2 Å². The van der Waals surface area contributed by atoms with E-state index in [-0.39, 0.29) is 0 Å². The van der Waals surface area contributed by atoms with E-state index in [1.165, 1.54) is 0 Å². The minimum absolute atomic E-state index is 0.654. The highest BCUT2D eigenvalue weighted by Gasteiger charge is 2.17. The molecule has 3 heteroatoms. The first-order valence-corrected chi connectivity index (χ1v) is 4.53. The van der Waals surface area contributed by atoms with Gasteiger partial charge in [0, 0.05) is 12.3 Å². The normalized spacial score (nSPS) is 19.7. The molecule has 0 aromatic carbocycles. The van der Waals surface area contributed by atoms with Crippen LogP contribution in [-0.2, 0) is 4.74 Å². The summed E-state index contributed by atoms with van der Waals surface area (Å²) >= 11 is 1.94. The van der Waals surface area contributed by atoms with E-state index in [9.17, 15) is 0 Å². The minimum atomic E-state index is 0.654. The molecule has 0 atom stereocenters. The molecule has 2 N–H and O–H groups in total. The molecule has 1 aliphatic rings. The summed E-state index contributed by atoms with van der Waals surface area (Å²) in [7, 11) is 0. The summed E-state index contributed by atoms with van der Waals surface area (Å²) in [5.41, 5.74) is 5.27. The fraction of sp³-hybridized carbons (Fsp3) is 0.714. The van der Waals surface area contributed by atoms with Crippen LogP contribution in [-0.4, -0.2) is 30.8 Å². The van der Waals surface area contributed by atoms with E-state index >= 15 is 0 Å². The van der Waals surface area contributed by atoms with Gasteiger partial charge in [0.05, 0.1) is 18.5 Å². The summed E-state index contributed by atoms with van der Waals surface area (Å²) in [6, 6.07) is 0. The van der Waals surface area contributed by atoms with Crippen molar-refractivity contribution < 1.29 is 4.74 Å². The highest BCUT2D eigenvalue weighted by Crippen LogP contribution is 2.18. The van der Waals surface area contributed by atoms with Gasteiger partial charge in [-0.1, -0.05) is 12.2 Å². The number of hydrogen-bond acceptors (Lipinski definition) is 3. The first-order chi connectivity index (χ1) is 4.93. The molecule has 0 aliphatic carbocycles. The minimum Gasteiger partial charge on any atom is -0.379 e. The molecular formula is C7H13NOS. The zero-order valence-corrected chi connectivity index (χ0v) is 6.77. The number of rotatable bonds is 4. The standard InChI is InChI=1S/C7H13NOS/c8-3-1-2-4-10-7-5-9-6-7/h1-2,7H,3-6,8H2. The fourth-order valence-electron chi connectivity index (χ4n) is 0.666. The molecular weight excluding hydrogens is 146 g/mol. The van der Waals surface area contributed by atoms with E-state index in [1.807, 2.05) is 17.8 Å². The molecule has 0 saturated carbocycles. The molecule has 0 radical (unpaired) electrons. The Morgan fingerprint density at radius 1 is 1.50 bits per heavy atom. The molecule has 1 rings (SSSR count). The Hall–Kier alpha value is 0.01000. The third-order valence-corrected chi connectivity index (χ3v) is 2.47. The topological polar surface area (TPSA) is 35.2 Å². The molecule has 1 aliphatic heterocycles. The maximum Gasteiger partial charge on any atom is 0.0608 e. The lowest BCUT2D eigenvalue weighted by Gasteiger charge is -2.24. The van der Waals surface area contributed by atoms with Gasteiger partial charge in [-0.3, -0.25) is 0 Å². The second-order valence-electron chi connectivity index (χ2n) is 2.20. The van der Waals surface area contributed by atoms with Crippen LogP contribution >= 0.6 is 11.8 Å². The maximum atomic E-state index is 5.27. The molecule has 1 saturated heterocycles. The molecule has 0 amide bonds. The van der Waals surface area contributed by atoms with Crippen LogP contribution in [0.25, 0.3) is 0 Å². The van der Waals surface area contributed by atoms with Gasteiger partial charge in [-0.15, -0.1) is 11.8 Å². The molecule has 10 heavy (non-hydrogen) atoms. The lowest BCUT2D eigenvalue weighted by Crippen LogP contribution is -2.30. The van der Waals surface area contributed by atoms with Crippen LogP contribution in [0.2, 0.25) is 0 Å². The van der Waals surface area contributed by atoms with Crippen LogP contribution in [0.1, 0.15) is 0 Å². The SMILES string of the molecule is NCC=CCSC1COC1. The average Bonchev–Trinajstić information content (AvgIpc) is 1.84. The van der Waals surface area contributed by atoms with E-state index in [1.54, 1.807) is 0 Å². The van der Waals surface area contributed by atoms with Crippen molar-refractivity contribution in [2.45, 2.75) is 5.25 Å². The summed E-state index contributed by atoms with van der Waals surface area (Å²) in [4.78, 5) is 0. The lowest BCUT2D eigenvalue weighted by molar-refractivity contribution is 0.0456. The van der Waals surface area contributed by atoms with Crippen LogP contribution in [0.5, 0.6) is 0 Å². The Morgan fingerprint density at radius 3 is 2.80 bits per heavy atom. The van der Waals surface area contributed by atoms with Crippen molar-refractivity contribution in [3.8, 4) is 0 Å². The summed E-state index contributed by atoms with van der Waals surface area (Å²) in [5, 5.41) is 0.738. The van der Waals surface area contributed by atoms with Crippen LogP contribution in [0, 0.1) is 0 Å². The van der Waals surface area contributed by atoms with Gasteiger partial charge in [0.25, 0.3) is 0 Å². The highest BCUT2D eigenvalue weighted by atomic mass is 32.2. The first-order valence-electron chi connectivity index (χ1n) is 3.48. The van der Waals surface area contributed by atoms with Crippen molar-refractivity contribution in [3.63, 3.8) is 0 Å². The van der Waals surface area contributed by atoms with Crippen LogP contribution in [0.15, 0.2) is 12.2 Å². The Labute approximate surface area is 65.8 Å².